The largest absolute Gasteiger partial charge is 0.468 e. The van der Waals surface area contributed by atoms with Crippen molar-refractivity contribution in [3.05, 3.63) is 12.3 Å². The van der Waals surface area contributed by atoms with Gasteiger partial charge in [0.1, 0.15) is 18.9 Å². The van der Waals surface area contributed by atoms with Crippen LogP contribution in [0.25, 0.3) is 0 Å². The van der Waals surface area contributed by atoms with Crippen molar-refractivity contribution in [3.8, 4) is 0 Å². The van der Waals surface area contributed by atoms with Crippen molar-refractivity contribution in [2.45, 2.75) is 13.5 Å². The van der Waals surface area contributed by atoms with Crippen LogP contribution in [0.1, 0.15) is 6.92 Å². The van der Waals surface area contributed by atoms with E-state index >= 15 is 0 Å². The number of carbonyl (C=O) groups is 2. The van der Waals surface area contributed by atoms with Crippen molar-refractivity contribution in [2.24, 2.45) is 0 Å². The Morgan fingerprint density at radius 1 is 1.59 bits per heavy atom. The van der Waals surface area contributed by atoms with E-state index in [0.29, 0.717) is 12.4 Å². The molecule has 0 radical (unpaired) electrons. The Morgan fingerprint density at radius 3 is 2.76 bits per heavy atom. The van der Waals surface area contributed by atoms with E-state index in [-0.39, 0.29) is 19.0 Å². The third kappa shape index (κ3) is 3.78. The van der Waals surface area contributed by atoms with E-state index in [1.165, 1.54) is 16.7 Å². The minimum atomic E-state index is -0.444. The second-order valence-electron chi connectivity index (χ2n) is 3.42. The zero-order valence-electron chi connectivity index (χ0n) is 9.92. The van der Waals surface area contributed by atoms with Crippen molar-refractivity contribution in [1.82, 2.24) is 14.7 Å². The number of ether oxygens (including phenoxy) is 1. The van der Waals surface area contributed by atoms with Crippen LogP contribution in [0, 0.1) is 0 Å². The topological polar surface area (TPSA) is 90.5 Å². The van der Waals surface area contributed by atoms with Gasteiger partial charge in [-0.15, -0.1) is 0 Å². The fraction of sp³-hybridized carbons (Fsp3) is 0.500. The van der Waals surface area contributed by atoms with Crippen LogP contribution in [-0.2, 0) is 20.9 Å². The Labute approximate surface area is 99.1 Å². The number of rotatable bonds is 5. The summed E-state index contributed by atoms with van der Waals surface area (Å²) < 4.78 is 5.94. The summed E-state index contributed by atoms with van der Waals surface area (Å²) in [5.41, 5.74) is 5.43. The molecule has 7 heteroatoms. The first-order chi connectivity index (χ1) is 8.06. The van der Waals surface area contributed by atoms with Crippen molar-refractivity contribution < 1.29 is 14.3 Å². The van der Waals surface area contributed by atoms with Crippen LogP contribution < -0.4 is 5.73 Å². The molecule has 0 aromatic carbocycles. The Bertz CT molecular complexity index is 402. The number of nitrogens with two attached hydrogens (primary N) is 1. The molecule has 0 atom stereocenters. The number of esters is 1. The summed E-state index contributed by atoms with van der Waals surface area (Å²) in [4.78, 5) is 24.3. The van der Waals surface area contributed by atoms with E-state index in [1.807, 2.05) is 0 Å². The second-order valence-corrected chi connectivity index (χ2v) is 3.42. The van der Waals surface area contributed by atoms with Crippen LogP contribution in [-0.4, -0.2) is 46.8 Å². The van der Waals surface area contributed by atoms with Gasteiger partial charge in [0, 0.05) is 12.7 Å². The molecule has 1 heterocycles. The zero-order valence-corrected chi connectivity index (χ0v) is 9.92. The van der Waals surface area contributed by atoms with Gasteiger partial charge in [0.05, 0.1) is 7.11 Å². The van der Waals surface area contributed by atoms with Gasteiger partial charge in [-0.1, -0.05) is 0 Å². The summed E-state index contributed by atoms with van der Waals surface area (Å²) in [5, 5.41) is 3.90. The maximum absolute atomic E-state index is 11.8. The molecule has 0 fully saturated rings. The highest BCUT2D eigenvalue weighted by molar-refractivity contribution is 5.81. The molecule has 17 heavy (non-hydrogen) atoms. The lowest BCUT2D eigenvalue weighted by molar-refractivity contribution is -0.147. The predicted molar refractivity (Wildman–Crippen MR) is 60.9 cm³/mol. The lowest BCUT2D eigenvalue weighted by Crippen LogP contribution is -2.38. The van der Waals surface area contributed by atoms with Crippen LogP contribution in [0.4, 0.5) is 5.82 Å². The molecule has 0 aliphatic rings. The molecule has 1 amide bonds. The number of likely N-dealkylation sites (N-methyl/N-ethyl adjacent to an activating group) is 1. The van der Waals surface area contributed by atoms with Gasteiger partial charge < -0.3 is 15.4 Å². The molecular formula is C10H16N4O3. The first-order valence-corrected chi connectivity index (χ1v) is 5.20. The van der Waals surface area contributed by atoms with E-state index < -0.39 is 5.97 Å². The monoisotopic (exact) mass is 240 g/mol. The molecule has 1 aromatic rings. The summed E-state index contributed by atoms with van der Waals surface area (Å²) in [6.07, 6.45) is 1.61. The van der Waals surface area contributed by atoms with Gasteiger partial charge in [-0.25, -0.2) is 0 Å². The lowest BCUT2D eigenvalue weighted by Gasteiger charge is -2.19. The predicted octanol–water partition coefficient (Wildman–Crippen LogP) is -0.513. The van der Waals surface area contributed by atoms with E-state index in [2.05, 4.69) is 9.84 Å². The molecule has 0 aliphatic heterocycles. The van der Waals surface area contributed by atoms with E-state index in [4.69, 9.17) is 5.73 Å². The maximum Gasteiger partial charge on any atom is 0.325 e. The maximum atomic E-state index is 11.8. The van der Waals surface area contributed by atoms with Crippen molar-refractivity contribution >= 4 is 17.7 Å². The number of anilines is 1. The molecular weight excluding hydrogens is 224 g/mol. The molecule has 0 bridgehead atoms. The van der Waals surface area contributed by atoms with Gasteiger partial charge in [-0.3, -0.25) is 14.3 Å². The standard InChI is InChI=1S/C10H16N4O3/c1-3-13(7-10(16)17-2)9(15)6-14-5-4-8(11)12-14/h4-5H,3,6-7H2,1-2H3,(H2,11,12). The van der Waals surface area contributed by atoms with E-state index in [9.17, 15) is 9.59 Å². The molecule has 94 valence electrons. The molecule has 0 aliphatic carbocycles. The number of methoxy groups -OCH3 is 1. The molecule has 0 saturated heterocycles. The van der Waals surface area contributed by atoms with Gasteiger partial charge in [0.25, 0.3) is 0 Å². The van der Waals surface area contributed by atoms with E-state index in [0.717, 1.165) is 0 Å². The Hall–Kier alpha value is -2.05. The lowest BCUT2D eigenvalue weighted by atomic mass is 10.4. The van der Waals surface area contributed by atoms with Crippen molar-refractivity contribution in [2.75, 3.05) is 25.9 Å². The minimum Gasteiger partial charge on any atom is -0.468 e. The Morgan fingerprint density at radius 2 is 2.29 bits per heavy atom. The van der Waals surface area contributed by atoms with Gasteiger partial charge in [-0.05, 0) is 13.0 Å². The van der Waals surface area contributed by atoms with Gasteiger partial charge in [0.2, 0.25) is 5.91 Å². The number of amides is 1. The summed E-state index contributed by atoms with van der Waals surface area (Å²) in [6.45, 7) is 2.23. The number of nitrogen functional groups attached to an aromatic ring is 1. The first-order valence-electron chi connectivity index (χ1n) is 5.20. The first kappa shape index (κ1) is 13.0. The average Bonchev–Trinajstić information content (AvgIpc) is 2.70. The molecule has 0 saturated carbocycles. The molecule has 1 rings (SSSR count). The summed E-state index contributed by atoms with van der Waals surface area (Å²) >= 11 is 0. The third-order valence-corrected chi connectivity index (χ3v) is 2.24. The van der Waals surface area contributed by atoms with Crippen molar-refractivity contribution in [3.63, 3.8) is 0 Å². The number of carbonyl (C=O) groups excluding carboxylic acids is 2. The number of aromatic nitrogens is 2. The van der Waals surface area contributed by atoms with Crippen LogP contribution in [0.2, 0.25) is 0 Å². The van der Waals surface area contributed by atoms with Crippen LogP contribution in [0.15, 0.2) is 12.3 Å². The normalized spacial score (nSPS) is 10.0. The molecule has 0 unspecified atom stereocenters. The van der Waals surface area contributed by atoms with Crippen molar-refractivity contribution in [1.29, 1.82) is 0 Å². The molecule has 2 N–H and O–H groups in total. The SMILES string of the molecule is CCN(CC(=O)OC)C(=O)Cn1ccc(N)n1. The quantitative estimate of drug-likeness (QED) is 0.700. The Balaban J connectivity index is 2.57. The highest BCUT2D eigenvalue weighted by Crippen LogP contribution is 1.98. The number of nitrogens with zero attached hydrogens (tertiary/aromatic N) is 3. The molecule has 1 aromatic heterocycles. The summed E-state index contributed by atoms with van der Waals surface area (Å²) in [7, 11) is 1.29. The average molecular weight is 240 g/mol. The highest BCUT2D eigenvalue weighted by atomic mass is 16.5. The fourth-order valence-corrected chi connectivity index (χ4v) is 1.30. The summed E-state index contributed by atoms with van der Waals surface area (Å²) in [6, 6.07) is 1.60. The number of hydrogen-bond acceptors (Lipinski definition) is 5. The third-order valence-electron chi connectivity index (χ3n) is 2.24. The Kier molecular flexibility index (Phi) is 4.50. The highest BCUT2D eigenvalue weighted by Gasteiger charge is 2.16. The van der Waals surface area contributed by atoms with Crippen LogP contribution >= 0.6 is 0 Å². The van der Waals surface area contributed by atoms with Crippen LogP contribution in [0.3, 0.4) is 0 Å². The smallest absolute Gasteiger partial charge is 0.325 e. The molecule has 0 spiro atoms. The molecule has 7 nitrogen and oxygen atoms in total. The van der Waals surface area contributed by atoms with Gasteiger partial charge in [0.15, 0.2) is 0 Å². The zero-order chi connectivity index (χ0) is 12.8. The van der Waals surface area contributed by atoms with Gasteiger partial charge >= 0.3 is 5.97 Å². The second kappa shape index (κ2) is 5.88. The number of hydrogen-bond donors (Lipinski definition) is 1. The minimum absolute atomic E-state index is 0.0530. The van der Waals surface area contributed by atoms with Gasteiger partial charge in [-0.2, -0.15) is 5.10 Å². The summed E-state index contributed by atoms with van der Waals surface area (Å²) in [5.74, 6) is -0.296. The van der Waals surface area contributed by atoms with E-state index in [1.54, 1.807) is 19.2 Å². The fourth-order valence-electron chi connectivity index (χ4n) is 1.30. The van der Waals surface area contributed by atoms with Crippen LogP contribution in [0.5, 0.6) is 0 Å².